The predicted octanol–water partition coefficient (Wildman–Crippen LogP) is 3.70. The molecule has 0 aliphatic heterocycles. The molecular formula is C14H22ClNO. The van der Waals surface area contributed by atoms with Gasteiger partial charge in [-0.25, -0.2) is 0 Å². The summed E-state index contributed by atoms with van der Waals surface area (Å²) in [5.74, 6) is 0.669. The molecule has 0 heterocycles. The first kappa shape index (κ1) is 14.3. The lowest BCUT2D eigenvalue weighted by Crippen LogP contribution is -2.30. The number of halogens is 1. The van der Waals surface area contributed by atoms with Crippen LogP contribution in [0.5, 0.6) is 0 Å². The van der Waals surface area contributed by atoms with Gasteiger partial charge in [0.05, 0.1) is 17.3 Å². The van der Waals surface area contributed by atoms with Gasteiger partial charge in [0.2, 0.25) is 0 Å². The molecule has 3 heteroatoms. The highest BCUT2D eigenvalue weighted by Gasteiger charge is 2.14. The van der Waals surface area contributed by atoms with E-state index in [1.165, 1.54) is 0 Å². The molecule has 0 saturated carbocycles. The standard InChI is InChI=1S/C14H22ClNO/c1-10(2)7-11(3)16(4)14-6-5-12(9-17)8-13(14)15/h5-6,8,10-11,17H,7,9H2,1-4H3. The van der Waals surface area contributed by atoms with Crippen molar-refractivity contribution in [2.24, 2.45) is 5.92 Å². The molecule has 1 aromatic rings. The van der Waals surface area contributed by atoms with E-state index < -0.39 is 0 Å². The van der Waals surface area contributed by atoms with Crippen LogP contribution in [0, 0.1) is 5.92 Å². The fraction of sp³-hybridized carbons (Fsp3) is 0.571. The van der Waals surface area contributed by atoms with Crippen LogP contribution in [0.25, 0.3) is 0 Å². The molecule has 0 aliphatic carbocycles. The van der Waals surface area contributed by atoms with Gasteiger partial charge in [0.25, 0.3) is 0 Å². The predicted molar refractivity (Wildman–Crippen MR) is 74.7 cm³/mol. The summed E-state index contributed by atoms with van der Waals surface area (Å²) in [5, 5.41) is 9.75. The van der Waals surface area contributed by atoms with E-state index in [0.717, 1.165) is 17.7 Å². The molecule has 0 radical (unpaired) electrons. The Morgan fingerprint density at radius 3 is 2.41 bits per heavy atom. The zero-order valence-corrected chi connectivity index (χ0v) is 11.8. The van der Waals surface area contributed by atoms with Crippen LogP contribution in [0.2, 0.25) is 5.02 Å². The van der Waals surface area contributed by atoms with E-state index in [0.29, 0.717) is 17.0 Å². The second kappa shape index (κ2) is 6.27. The van der Waals surface area contributed by atoms with Gasteiger partial charge in [0.1, 0.15) is 0 Å². The first-order valence-corrected chi connectivity index (χ1v) is 6.45. The molecule has 1 unspecified atom stereocenters. The molecule has 0 bridgehead atoms. The molecule has 17 heavy (non-hydrogen) atoms. The van der Waals surface area contributed by atoms with Gasteiger partial charge in [-0.05, 0) is 37.0 Å². The third-order valence-electron chi connectivity index (χ3n) is 3.05. The normalized spacial score (nSPS) is 12.9. The highest BCUT2D eigenvalue weighted by atomic mass is 35.5. The van der Waals surface area contributed by atoms with Crippen LogP contribution in [0.4, 0.5) is 5.69 Å². The molecule has 1 N–H and O–H groups in total. The molecule has 1 rings (SSSR count). The van der Waals surface area contributed by atoms with Crippen LogP contribution in [-0.4, -0.2) is 18.2 Å². The van der Waals surface area contributed by atoms with Crippen LogP contribution in [0.1, 0.15) is 32.8 Å². The molecule has 2 nitrogen and oxygen atoms in total. The molecule has 0 fully saturated rings. The first-order valence-electron chi connectivity index (χ1n) is 6.07. The molecule has 0 amide bonds. The summed E-state index contributed by atoms with van der Waals surface area (Å²) in [5.41, 5.74) is 1.88. The summed E-state index contributed by atoms with van der Waals surface area (Å²) in [6.07, 6.45) is 1.13. The number of benzene rings is 1. The van der Waals surface area contributed by atoms with Gasteiger partial charge in [0, 0.05) is 13.1 Å². The van der Waals surface area contributed by atoms with Crippen LogP contribution in [0.3, 0.4) is 0 Å². The van der Waals surface area contributed by atoms with Crippen molar-refractivity contribution in [2.75, 3.05) is 11.9 Å². The Morgan fingerprint density at radius 1 is 1.29 bits per heavy atom. The summed E-state index contributed by atoms with van der Waals surface area (Å²) in [6, 6.07) is 6.17. The van der Waals surface area contributed by atoms with Crippen molar-refractivity contribution in [2.45, 2.75) is 39.8 Å². The Hall–Kier alpha value is -0.730. The smallest absolute Gasteiger partial charge is 0.0682 e. The number of aliphatic hydroxyl groups is 1. The van der Waals surface area contributed by atoms with Gasteiger partial charge in [-0.2, -0.15) is 0 Å². The number of nitrogens with zero attached hydrogens (tertiary/aromatic N) is 1. The minimum absolute atomic E-state index is 0.0330. The SMILES string of the molecule is CC(C)CC(C)N(C)c1ccc(CO)cc1Cl. The van der Waals surface area contributed by atoms with Crippen molar-refractivity contribution in [3.8, 4) is 0 Å². The van der Waals surface area contributed by atoms with E-state index in [9.17, 15) is 0 Å². The average Bonchev–Trinajstić information content (AvgIpc) is 2.27. The third-order valence-corrected chi connectivity index (χ3v) is 3.35. The molecule has 0 aromatic heterocycles. The number of hydrogen-bond donors (Lipinski definition) is 1. The van der Waals surface area contributed by atoms with Gasteiger partial charge in [-0.15, -0.1) is 0 Å². The monoisotopic (exact) mass is 255 g/mol. The summed E-state index contributed by atoms with van der Waals surface area (Å²) < 4.78 is 0. The van der Waals surface area contributed by atoms with E-state index in [2.05, 4.69) is 32.7 Å². The van der Waals surface area contributed by atoms with Crippen molar-refractivity contribution in [3.63, 3.8) is 0 Å². The minimum Gasteiger partial charge on any atom is -0.392 e. The lowest BCUT2D eigenvalue weighted by atomic mass is 10.0. The van der Waals surface area contributed by atoms with Crippen LogP contribution in [-0.2, 0) is 6.61 Å². The van der Waals surface area contributed by atoms with Crippen LogP contribution in [0.15, 0.2) is 18.2 Å². The van der Waals surface area contributed by atoms with E-state index in [4.69, 9.17) is 16.7 Å². The molecule has 1 aromatic carbocycles. The second-order valence-electron chi connectivity index (χ2n) is 5.03. The summed E-state index contributed by atoms with van der Waals surface area (Å²) in [6.45, 7) is 6.68. The van der Waals surface area contributed by atoms with Crippen molar-refractivity contribution in [3.05, 3.63) is 28.8 Å². The fourth-order valence-electron chi connectivity index (χ4n) is 2.01. The Labute approximate surface area is 109 Å². The van der Waals surface area contributed by atoms with Gasteiger partial charge in [-0.3, -0.25) is 0 Å². The number of aliphatic hydroxyl groups excluding tert-OH is 1. The topological polar surface area (TPSA) is 23.5 Å². The van der Waals surface area contributed by atoms with E-state index in [1.54, 1.807) is 0 Å². The number of anilines is 1. The van der Waals surface area contributed by atoms with Crippen molar-refractivity contribution in [1.29, 1.82) is 0 Å². The molecule has 0 aliphatic rings. The van der Waals surface area contributed by atoms with Gasteiger partial charge in [-0.1, -0.05) is 31.5 Å². The Morgan fingerprint density at radius 2 is 1.94 bits per heavy atom. The molecule has 0 saturated heterocycles. The fourth-order valence-corrected chi connectivity index (χ4v) is 2.35. The maximum Gasteiger partial charge on any atom is 0.0682 e. The third kappa shape index (κ3) is 3.90. The molecular weight excluding hydrogens is 234 g/mol. The molecule has 96 valence electrons. The number of hydrogen-bond acceptors (Lipinski definition) is 2. The molecule has 1 atom stereocenters. The average molecular weight is 256 g/mol. The highest BCUT2D eigenvalue weighted by molar-refractivity contribution is 6.33. The zero-order chi connectivity index (χ0) is 13.0. The van der Waals surface area contributed by atoms with Crippen LogP contribution >= 0.6 is 11.6 Å². The maximum absolute atomic E-state index is 9.05. The van der Waals surface area contributed by atoms with Gasteiger partial charge >= 0.3 is 0 Å². The van der Waals surface area contributed by atoms with Crippen molar-refractivity contribution >= 4 is 17.3 Å². The highest BCUT2D eigenvalue weighted by Crippen LogP contribution is 2.28. The zero-order valence-electron chi connectivity index (χ0n) is 11.1. The van der Waals surface area contributed by atoms with E-state index >= 15 is 0 Å². The largest absolute Gasteiger partial charge is 0.392 e. The summed E-state index contributed by atoms with van der Waals surface area (Å²) in [4.78, 5) is 2.20. The summed E-state index contributed by atoms with van der Waals surface area (Å²) in [7, 11) is 2.06. The first-order chi connectivity index (χ1) is 7.95. The Kier molecular flexibility index (Phi) is 5.29. The number of rotatable bonds is 5. The van der Waals surface area contributed by atoms with Crippen LogP contribution < -0.4 is 4.90 Å². The van der Waals surface area contributed by atoms with E-state index in [-0.39, 0.29) is 6.61 Å². The summed E-state index contributed by atoms with van der Waals surface area (Å²) >= 11 is 6.23. The Balaban J connectivity index is 2.84. The Bertz CT molecular complexity index is 365. The minimum atomic E-state index is 0.0330. The maximum atomic E-state index is 9.05. The lowest BCUT2D eigenvalue weighted by molar-refractivity contribution is 0.282. The second-order valence-corrected chi connectivity index (χ2v) is 5.44. The van der Waals surface area contributed by atoms with Gasteiger partial charge in [0.15, 0.2) is 0 Å². The lowest BCUT2D eigenvalue weighted by Gasteiger charge is -2.29. The molecule has 0 spiro atoms. The van der Waals surface area contributed by atoms with E-state index in [1.807, 2.05) is 18.2 Å². The van der Waals surface area contributed by atoms with Crippen molar-refractivity contribution in [1.82, 2.24) is 0 Å². The quantitative estimate of drug-likeness (QED) is 0.867. The van der Waals surface area contributed by atoms with Gasteiger partial charge < -0.3 is 10.0 Å². The van der Waals surface area contributed by atoms with Crippen molar-refractivity contribution < 1.29 is 5.11 Å².